The van der Waals surface area contributed by atoms with Crippen molar-refractivity contribution in [3.05, 3.63) is 24.3 Å². The molecule has 7 heteroatoms. The van der Waals surface area contributed by atoms with E-state index in [4.69, 9.17) is 9.47 Å². The number of rotatable bonds is 4. The molecule has 1 saturated heterocycles. The van der Waals surface area contributed by atoms with Crippen molar-refractivity contribution in [2.75, 3.05) is 31.3 Å². The molecule has 0 aliphatic carbocycles. The summed E-state index contributed by atoms with van der Waals surface area (Å²) in [7, 11) is 0. The summed E-state index contributed by atoms with van der Waals surface area (Å²) in [5.41, 5.74) is 0. The van der Waals surface area contributed by atoms with Gasteiger partial charge in [-0.3, -0.25) is 10.1 Å². The standard InChI is InChI=1S/C15H20N2O3S.ClH/c1-2-17(15(18)12-9-21-10-16-12)7-11-8-19-13-5-3-4-6-14(13)20-11;/h3-6,11-12,16H,2,7-10H2,1H3;1H/t11?,12-;/m1./s1. The van der Waals surface area contributed by atoms with Crippen molar-refractivity contribution in [1.82, 2.24) is 10.2 Å². The maximum atomic E-state index is 12.4. The van der Waals surface area contributed by atoms with Gasteiger partial charge in [-0.2, -0.15) is 0 Å². The number of para-hydroxylation sites is 2. The first-order valence-corrected chi connectivity index (χ1v) is 8.41. The Morgan fingerprint density at radius 2 is 2.18 bits per heavy atom. The number of halogens is 1. The first-order valence-electron chi connectivity index (χ1n) is 7.26. The predicted octanol–water partition coefficient (Wildman–Crippen LogP) is 1.76. The summed E-state index contributed by atoms with van der Waals surface area (Å²) in [5, 5.41) is 3.22. The molecule has 2 aliphatic heterocycles. The molecule has 122 valence electrons. The summed E-state index contributed by atoms with van der Waals surface area (Å²) >= 11 is 1.76. The zero-order chi connectivity index (χ0) is 14.7. The van der Waals surface area contributed by atoms with Gasteiger partial charge in [0.25, 0.3) is 0 Å². The van der Waals surface area contributed by atoms with Gasteiger partial charge < -0.3 is 14.4 Å². The Labute approximate surface area is 141 Å². The number of benzene rings is 1. The van der Waals surface area contributed by atoms with Crippen LogP contribution in [0.3, 0.4) is 0 Å². The molecule has 1 unspecified atom stereocenters. The highest BCUT2D eigenvalue weighted by atomic mass is 35.5. The van der Waals surface area contributed by atoms with Crippen molar-refractivity contribution in [1.29, 1.82) is 0 Å². The molecule has 1 fully saturated rings. The minimum absolute atomic E-state index is 0. The van der Waals surface area contributed by atoms with Crippen LogP contribution < -0.4 is 14.8 Å². The maximum absolute atomic E-state index is 12.4. The highest BCUT2D eigenvalue weighted by Crippen LogP contribution is 2.31. The molecule has 0 bridgehead atoms. The van der Waals surface area contributed by atoms with Gasteiger partial charge in [-0.25, -0.2) is 0 Å². The number of carbonyl (C=O) groups is 1. The monoisotopic (exact) mass is 344 g/mol. The van der Waals surface area contributed by atoms with Gasteiger partial charge in [0.05, 0.1) is 12.6 Å². The van der Waals surface area contributed by atoms with Crippen LogP contribution in [-0.4, -0.2) is 54.3 Å². The average molecular weight is 345 g/mol. The van der Waals surface area contributed by atoms with Crippen molar-refractivity contribution in [3.8, 4) is 11.5 Å². The summed E-state index contributed by atoms with van der Waals surface area (Å²) in [5.74, 6) is 3.39. The number of amides is 1. The normalized spacial score (nSPS) is 22.8. The zero-order valence-electron chi connectivity index (χ0n) is 12.5. The van der Waals surface area contributed by atoms with E-state index >= 15 is 0 Å². The van der Waals surface area contributed by atoms with E-state index in [0.717, 1.165) is 23.1 Å². The number of carbonyl (C=O) groups excluding carboxylic acids is 1. The Hall–Kier alpha value is -1.11. The van der Waals surface area contributed by atoms with Crippen molar-refractivity contribution >= 4 is 30.1 Å². The largest absolute Gasteiger partial charge is 0.486 e. The second-order valence-electron chi connectivity index (χ2n) is 5.15. The smallest absolute Gasteiger partial charge is 0.240 e. The predicted molar refractivity (Wildman–Crippen MR) is 90.1 cm³/mol. The molecule has 0 spiro atoms. The Bertz CT molecular complexity index is 511. The fraction of sp³-hybridized carbons (Fsp3) is 0.533. The third kappa shape index (κ3) is 3.80. The molecule has 22 heavy (non-hydrogen) atoms. The van der Waals surface area contributed by atoms with Gasteiger partial charge in [-0.05, 0) is 19.1 Å². The van der Waals surface area contributed by atoms with E-state index in [-0.39, 0.29) is 30.5 Å². The molecule has 2 aliphatic rings. The third-order valence-electron chi connectivity index (χ3n) is 3.70. The van der Waals surface area contributed by atoms with E-state index < -0.39 is 0 Å². The van der Waals surface area contributed by atoms with Crippen LogP contribution in [-0.2, 0) is 4.79 Å². The molecule has 1 aromatic carbocycles. The number of likely N-dealkylation sites (N-methyl/N-ethyl adjacent to an activating group) is 1. The number of ether oxygens (including phenoxy) is 2. The summed E-state index contributed by atoms with van der Waals surface area (Å²) < 4.78 is 11.6. The summed E-state index contributed by atoms with van der Waals surface area (Å²) in [4.78, 5) is 14.3. The molecular weight excluding hydrogens is 324 g/mol. The molecule has 1 N–H and O–H groups in total. The second kappa shape index (κ2) is 7.94. The number of fused-ring (bicyclic) bond motifs is 1. The van der Waals surface area contributed by atoms with Crippen LogP contribution in [0.5, 0.6) is 11.5 Å². The van der Waals surface area contributed by atoms with Crippen LogP contribution in [0.1, 0.15) is 6.92 Å². The maximum Gasteiger partial charge on any atom is 0.240 e. The SMILES string of the molecule is CCN(CC1COc2ccccc2O1)C(=O)[C@H]1CSCN1.Cl. The Morgan fingerprint density at radius 3 is 2.86 bits per heavy atom. The quantitative estimate of drug-likeness (QED) is 0.902. The third-order valence-corrected chi connectivity index (χ3v) is 4.64. The number of nitrogens with zero attached hydrogens (tertiary/aromatic N) is 1. The van der Waals surface area contributed by atoms with Crippen molar-refractivity contribution in [2.24, 2.45) is 0 Å². The molecule has 3 rings (SSSR count). The van der Waals surface area contributed by atoms with Gasteiger partial charge in [0, 0.05) is 18.2 Å². The van der Waals surface area contributed by atoms with E-state index in [1.54, 1.807) is 11.8 Å². The second-order valence-corrected chi connectivity index (χ2v) is 6.18. The molecule has 1 amide bonds. The molecule has 2 heterocycles. The molecule has 2 atom stereocenters. The summed E-state index contributed by atoms with van der Waals surface area (Å²) in [6.45, 7) is 3.72. The number of nitrogens with one attached hydrogen (secondary N) is 1. The average Bonchev–Trinajstić information content (AvgIpc) is 3.06. The fourth-order valence-electron chi connectivity index (χ4n) is 2.55. The molecule has 1 aromatic rings. The molecule has 5 nitrogen and oxygen atoms in total. The highest BCUT2D eigenvalue weighted by molar-refractivity contribution is 7.99. The summed E-state index contributed by atoms with van der Waals surface area (Å²) in [6, 6.07) is 7.58. The van der Waals surface area contributed by atoms with Crippen LogP contribution in [0.15, 0.2) is 24.3 Å². The zero-order valence-corrected chi connectivity index (χ0v) is 14.1. The van der Waals surface area contributed by atoms with Gasteiger partial charge in [-0.15, -0.1) is 24.2 Å². The lowest BCUT2D eigenvalue weighted by Gasteiger charge is -2.31. The number of hydrogen-bond donors (Lipinski definition) is 1. The van der Waals surface area contributed by atoms with Gasteiger partial charge in [0.2, 0.25) is 5.91 Å². The lowest BCUT2D eigenvalue weighted by molar-refractivity contribution is -0.134. The molecule has 0 radical (unpaired) electrons. The minimum Gasteiger partial charge on any atom is -0.486 e. The highest BCUT2D eigenvalue weighted by Gasteiger charge is 2.30. The van der Waals surface area contributed by atoms with Crippen LogP contribution >= 0.6 is 24.2 Å². The molecule has 0 aromatic heterocycles. The first-order chi connectivity index (χ1) is 10.3. The van der Waals surface area contributed by atoms with E-state index in [9.17, 15) is 4.79 Å². The van der Waals surface area contributed by atoms with Crippen molar-refractivity contribution < 1.29 is 14.3 Å². The summed E-state index contributed by atoms with van der Waals surface area (Å²) in [6.07, 6.45) is -0.113. The van der Waals surface area contributed by atoms with E-state index in [1.165, 1.54) is 0 Å². The van der Waals surface area contributed by atoms with Gasteiger partial charge >= 0.3 is 0 Å². The minimum atomic E-state index is -0.113. The van der Waals surface area contributed by atoms with Crippen LogP contribution in [0.25, 0.3) is 0 Å². The number of thioether (sulfide) groups is 1. The Kier molecular flexibility index (Phi) is 6.23. The Balaban J connectivity index is 0.00000176. The van der Waals surface area contributed by atoms with E-state index in [0.29, 0.717) is 19.7 Å². The molecule has 0 saturated carbocycles. The van der Waals surface area contributed by atoms with Gasteiger partial charge in [-0.1, -0.05) is 12.1 Å². The van der Waals surface area contributed by atoms with E-state index in [2.05, 4.69) is 5.32 Å². The van der Waals surface area contributed by atoms with E-state index in [1.807, 2.05) is 36.1 Å². The number of hydrogen-bond acceptors (Lipinski definition) is 5. The van der Waals surface area contributed by atoms with Gasteiger partial charge in [0.1, 0.15) is 6.61 Å². The fourth-order valence-corrected chi connectivity index (χ4v) is 3.48. The van der Waals surface area contributed by atoms with Crippen molar-refractivity contribution in [3.63, 3.8) is 0 Å². The van der Waals surface area contributed by atoms with Crippen LogP contribution in [0.2, 0.25) is 0 Å². The van der Waals surface area contributed by atoms with Crippen molar-refractivity contribution in [2.45, 2.75) is 19.1 Å². The first kappa shape index (κ1) is 17.2. The van der Waals surface area contributed by atoms with Crippen LogP contribution in [0.4, 0.5) is 0 Å². The van der Waals surface area contributed by atoms with Crippen LogP contribution in [0, 0.1) is 0 Å². The lowest BCUT2D eigenvalue weighted by Crippen LogP contribution is -2.49. The molecular formula is C15H21ClN2O3S. The van der Waals surface area contributed by atoms with Gasteiger partial charge in [0.15, 0.2) is 17.6 Å². The topological polar surface area (TPSA) is 50.8 Å². The lowest BCUT2D eigenvalue weighted by atomic mass is 10.2. The Morgan fingerprint density at radius 1 is 1.41 bits per heavy atom.